The van der Waals surface area contributed by atoms with Crippen LogP contribution in [0.3, 0.4) is 0 Å². The van der Waals surface area contributed by atoms with Gasteiger partial charge in [-0.2, -0.15) is 0 Å². The number of hydrogen-bond donors (Lipinski definition) is 1. The van der Waals surface area contributed by atoms with E-state index in [2.05, 4.69) is 9.71 Å². The van der Waals surface area contributed by atoms with Crippen LogP contribution in [0.4, 0.5) is 5.13 Å². The van der Waals surface area contributed by atoms with Crippen molar-refractivity contribution >= 4 is 36.7 Å². The molecule has 18 heavy (non-hydrogen) atoms. The van der Waals surface area contributed by atoms with Crippen LogP contribution in [-0.4, -0.2) is 25.8 Å². The first kappa shape index (κ1) is 13.1. The molecule has 7 heteroatoms. The fraction of sp³-hybridized carbons (Fsp3) is 0.364. The van der Waals surface area contributed by atoms with Gasteiger partial charge in [-0.1, -0.05) is 11.3 Å². The van der Waals surface area contributed by atoms with Crippen LogP contribution in [0, 0.1) is 0 Å². The summed E-state index contributed by atoms with van der Waals surface area (Å²) in [6.45, 7) is 4.10. The maximum Gasteiger partial charge on any atom is 0.234 e. The van der Waals surface area contributed by atoms with Gasteiger partial charge in [-0.15, -0.1) is 0 Å². The third kappa shape index (κ3) is 2.91. The minimum Gasteiger partial charge on any atom is -0.494 e. The highest BCUT2D eigenvalue weighted by atomic mass is 32.2. The molecule has 0 bridgehead atoms. The average molecular weight is 286 g/mol. The van der Waals surface area contributed by atoms with Gasteiger partial charge in [0, 0.05) is 0 Å². The van der Waals surface area contributed by atoms with Gasteiger partial charge in [0.1, 0.15) is 5.75 Å². The van der Waals surface area contributed by atoms with Crippen molar-refractivity contribution in [1.29, 1.82) is 0 Å². The molecule has 0 spiro atoms. The molecule has 2 rings (SSSR count). The summed E-state index contributed by atoms with van der Waals surface area (Å²) in [4.78, 5) is 4.22. The lowest BCUT2D eigenvalue weighted by Crippen LogP contribution is -2.14. The summed E-state index contributed by atoms with van der Waals surface area (Å²) in [6.07, 6.45) is 0. The zero-order valence-electron chi connectivity index (χ0n) is 10.1. The molecule has 0 fully saturated rings. The number of rotatable bonds is 5. The molecule has 0 radical (unpaired) electrons. The van der Waals surface area contributed by atoms with Crippen molar-refractivity contribution in [1.82, 2.24) is 4.98 Å². The Morgan fingerprint density at radius 1 is 1.39 bits per heavy atom. The SMILES string of the molecule is CCOc1ccc2nc(NS(=O)(=O)CC)sc2c1. The van der Waals surface area contributed by atoms with Crippen molar-refractivity contribution in [2.24, 2.45) is 0 Å². The summed E-state index contributed by atoms with van der Waals surface area (Å²) < 4.78 is 31.6. The maximum atomic E-state index is 11.4. The molecule has 0 amide bonds. The standard InChI is InChI=1S/C11H14N2O3S2/c1-3-16-8-5-6-9-10(7-8)17-11(12-9)13-18(14,15)4-2/h5-7H,3-4H2,1-2H3,(H,12,13). The topological polar surface area (TPSA) is 68.3 Å². The van der Waals surface area contributed by atoms with Crippen LogP contribution < -0.4 is 9.46 Å². The fourth-order valence-corrected chi connectivity index (χ4v) is 3.16. The van der Waals surface area contributed by atoms with Gasteiger partial charge >= 0.3 is 0 Å². The lowest BCUT2D eigenvalue weighted by Gasteiger charge is -2.00. The number of anilines is 1. The summed E-state index contributed by atoms with van der Waals surface area (Å²) in [7, 11) is -3.27. The van der Waals surface area contributed by atoms with E-state index in [4.69, 9.17) is 4.74 Å². The molecular formula is C11H14N2O3S2. The van der Waals surface area contributed by atoms with Crippen molar-refractivity contribution in [3.8, 4) is 5.75 Å². The minimum absolute atomic E-state index is 0.0348. The van der Waals surface area contributed by atoms with Crippen LogP contribution in [0.1, 0.15) is 13.8 Å². The van der Waals surface area contributed by atoms with E-state index in [1.807, 2.05) is 25.1 Å². The normalized spacial score (nSPS) is 11.7. The second kappa shape index (κ2) is 5.11. The summed E-state index contributed by atoms with van der Waals surface area (Å²) >= 11 is 1.30. The molecule has 0 aliphatic carbocycles. The molecule has 1 N–H and O–H groups in total. The molecule has 0 saturated carbocycles. The number of aromatic nitrogens is 1. The number of nitrogens with zero attached hydrogens (tertiary/aromatic N) is 1. The van der Waals surface area contributed by atoms with Crippen LogP contribution in [0.5, 0.6) is 5.75 Å². The Morgan fingerprint density at radius 3 is 2.83 bits per heavy atom. The molecule has 98 valence electrons. The first-order valence-corrected chi connectivity index (χ1v) is 8.05. The molecule has 0 aliphatic rings. The van der Waals surface area contributed by atoms with Crippen LogP contribution in [-0.2, 0) is 10.0 Å². The Labute approximate surface area is 110 Å². The van der Waals surface area contributed by atoms with Crippen molar-refractivity contribution in [2.75, 3.05) is 17.1 Å². The monoisotopic (exact) mass is 286 g/mol. The van der Waals surface area contributed by atoms with Crippen molar-refractivity contribution in [2.45, 2.75) is 13.8 Å². The van der Waals surface area contributed by atoms with Crippen molar-refractivity contribution < 1.29 is 13.2 Å². The minimum atomic E-state index is -3.27. The van der Waals surface area contributed by atoms with Gasteiger partial charge in [0.15, 0.2) is 5.13 Å². The van der Waals surface area contributed by atoms with Gasteiger partial charge in [0.05, 0.1) is 22.6 Å². The molecule has 1 heterocycles. The largest absolute Gasteiger partial charge is 0.494 e. The van der Waals surface area contributed by atoms with Gasteiger partial charge in [-0.25, -0.2) is 13.4 Å². The van der Waals surface area contributed by atoms with Gasteiger partial charge in [0.2, 0.25) is 10.0 Å². The van der Waals surface area contributed by atoms with Crippen LogP contribution in [0.2, 0.25) is 0 Å². The Hall–Kier alpha value is -1.34. The number of nitrogens with one attached hydrogen (secondary N) is 1. The van der Waals surface area contributed by atoms with E-state index in [1.165, 1.54) is 11.3 Å². The van der Waals surface area contributed by atoms with Crippen molar-refractivity contribution in [3.63, 3.8) is 0 Å². The second-order valence-electron chi connectivity index (χ2n) is 3.59. The summed E-state index contributed by atoms with van der Waals surface area (Å²) in [5, 5.41) is 0.389. The van der Waals surface area contributed by atoms with E-state index in [9.17, 15) is 8.42 Å². The number of hydrogen-bond acceptors (Lipinski definition) is 5. The molecule has 0 aliphatic heterocycles. The second-order valence-corrected chi connectivity index (χ2v) is 6.63. The summed E-state index contributed by atoms with van der Waals surface area (Å²) in [6, 6.07) is 5.50. The molecule has 0 unspecified atom stereocenters. The number of thiazole rings is 1. The molecule has 0 saturated heterocycles. The van der Waals surface area contributed by atoms with Crippen LogP contribution in [0.25, 0.3) is 10.2 Å². The number of ether oxygens (including phenoxy) is 1. The first-order valence-electron chi connectivity index (χ1n) is 5.58. The van der Waals surface area contributed by atoms with E-state index in [0.29, 0.717) is 11.7 Å². The van der Waals surface area contributed by atoms with E-state index < -0.39 is 10.0 Å². The molecule has 5 nitrogen and oxygen atoms in total. The number of benzene rings is 1. The summed E-state index contributed by atoms with van der Waals surface area (Å²) in [5.74, 6) is 0.797. The van der Waals surface area contributed by atoms with E-state index in [1.54, 1.807) is 6.92 Å². The summed E-state index contributed by atoms with van der Waals surface area (Å²) in [5.41, 5.74) is 0.761. The Balaban J connectivity index is 2.32. The van der Waals surface area contributed by atoms with E-state index >= 15 is 0 Å². The predicted octanol–water partition coefficient (Wildman–Crippen LogP) is 2.46. The average Bonchev–Trinajstić information content (AvgIpc) is 2.70. The lowest BCUT2D eigenvalue weighted by atomic mass is 10.3. The van der Waals surface area contributed by atoms with E-state index in [0.717, 1.165) is 16.0 Å². The molecular weight excluding hydrogens is 272 g/mol. The van der Waals surface area contributed by atoms with Gasteiger partial charge in [-0.3, -0.25) is 4.72 Å². The highest BCUT2D eigenvalue weighted by Gasteiger charge is 2.11. The van der Waals surface area contributed by atoms with Crippen molar-refractivity contribution in [3.05, 3.63) is 18.2 Å². The third-order valence-electron chi connectivity index (χ3n) is 2.29. The van der Waals surface area contributed by atoms with Gasteiger partial charge < -0.3 is 4.74 Å². The lowest BCUT2D eigenvalue weighted by molar-refractivity contribution is 0.341. The Kier molecular flexibility index (Phi) is 3.72. The van der Waals surface area contributed by atoms with Crippen LogP contribution in [0.15, 0.2) is 18.2 Å². The third-order valence-corrected chi connectivity index (χ3v) is 4.62. The highest BCUT2D eigenvalue weighted by molar-refractivity contribution is 7.92. The maximum absolute atomic E-state index is 11.4. The van der Waals surface area contributed by atoms with Gasteiger partial charge in [-0.05, 0) is 32.0 Å². The molecule has 1 aromatic carbocycles. The molecule has 1 aromatic heterocycles. The zero-order chi connectivity index (χ0) is 13.2. The Morgan fingerprint density at radius 2 is 2.17 bits per heavy atom. The zero-order valence-corrected chi connectivity index (χ0v) is 11.8. The van der Waals surface area contributed by atoms with E-state index in [-0.39, 0.29) is 5.75 Å². The first-order chi connectivity index (χ1) is 8.54. The smallest absolute Gasteiger partial charge is 0.234 e. The molecule has 2 aromatic rings. The Bertz CT molecular complexity index is 649. The quantitative estimate of drug-likeness (QED) is 0.916. The fourth-order valence-electron chi connectivity index (χ4n) is 1.41. The van der Waals surface area contributed by atoms with Crippen LogP contribution >= 0.6 is 11.3 Å². The number of sulfonamides is 1. The number of fused-ring (bicyclic) bond motifs is 1. The van der Waals surface area contributed by atoms with Gasteiger partial charge in [0.25, 0.3) is 0 Å². The predicted molar refractivity (Wildman–Crippen MR) is 73.9 cm³/mol. The molecule has 0 atom stereocenters. The highest BCUT2D eigenvalue weighted by Crippen LogP contribution is 2.29.